The minimum absolute atomic E-state index is 0.626. The first-order valence-corrected chi connectivity index (χ1v) is 9.70. The smallest absolute Gasteiger partial charge is 0.203 e. The maximum absolute atomic E-state index is 5.45. The number of hydrogen-bond donors (Lipinski definition) is 2. The molecule has 7 nitrogen and oxygen atoms in total. The Labute approximate surface area is 175 Å². The third-order valence-electron chi connectivity index (χ3n) is 4.94. The van der Waals surface area contributed by atoms with Crippen molar-refractivity contribution in [1.29, 1.82) is 0 Å². The number of fused-ring (bicyclic) bond motifs is 1. The number of nitrogens with one attached hydrogen (secondary N) is 2. The number of anilines is 3. The first-order valence-electron chi connectivity index (χ1n) is 9.70. The van der Waals surface area contributed by atoms with Gasteiger partial charge in [-0.25, -0.2) is 9.97 Å². The Balaban J connectivity index is 1.71. The standard InChI is InChI=1S/C23H25N5O2/c1-15-6-5-7-17(10-15)26-22-12-19-18(13-25-22)27-23(24-2)28(19)14-16-8-9-20(29-3)21(11-16)30-4/h5-13H,14H2,1-4H3,(H,24,27)(H,25,26). The average Bonchev–Trinajstić information content (AvgIpc) is 3.10. The highest BCUT2D eigenvalue weighted by atomic mass is 16.5. The second kappa shape index (κ2) is 8.32. The molecule has 7 heteroatoms. The second-order valence-corrected chi connectivity index (χ2v) is 7.01. The van der Waals surface area contributed by atoms with E-state index >= 15 is 0 Å². The number of hydrogen-bond acceptors (Lipinski definition) is 6. The lowest BCUT2D eigenvalue weighted by Gasteiger charge is -2.13. The van der Waals surface area contributed by atoms with Gasteiger partial charge in [-0.15, -0.1) is 0 Å². The predicted octanol–water partition coefficient (Wildman–Crippen LogP) is 4.59. The van der Waals surface area contributed by atoms with Gasteiger partial charge < -0.3 is 24.7 Å². The van der Waals surface area contributed by atoms with Gasteiger partial charge in [0.15, 0.2) is 11.5 Å². The van der Waals surface area contributed by atoms with Gasteiger partial charge in [0, 0.05) is 18.8 Å². The fourth-order valence-corrected chi connectivity index (χ4v) is 3.48. The van der Waals surface area contributed by atoms with Gasteiger partial charge in [0.25, 0.3) is 0 Å². The Morgan fingerprint density at radius 3 is 2.57 bits per heavy atom. The predicted molar refractivity (Wildman–Crippen MR) is 120 cm³/mol. The van der Waals surface area contributed by atoms with Crippen molar-refractivity contribution in [3.63, 3.8) is 0 Å². The summed E-state index contributed by atoms with van der Waals surface area (Å²) in [7, 11) is 5.14. The third kappa shape index (κ3) is 3.87. The first-order chi connectivity index (χ1) is 14.6. The van der Waals surface area contributed by atoms with Gasteiger partial charge >= 0.3 is 0 Å². The van der Waals surface area contributed by atoms with Crippen molar-refractivity contribution >= 4 is 28.5 Å². The van der Waals surface area contributed by atoms with Gasteiger partial charge in [-0.2, -0.15) is 0 Å². The van der Waals surface area contributed by atoms with E-state index in [-0.39, 0.29) is 0 Å². The van der Waals surface area contributed by atoms with Crippen LogP contribution >= 0.6 is 0 Å². The molecule has 2 N–H and O–H groups in total. The SMILES string of the molecule is CNc1nc2cnc(Nc3cccc(C)c3)cc2n1Cc1ccc(OC)c(OC)c1. The van der Waals surface area contributed by atoms with Gasteiger partial charge in [0.05, 0.1) is 32.5 Å². The van der Waals surface area contributed by atoms with E-state index in [1.165, 1.54) is 5.56 Å². The Hall–Kier alpha value is -3.74. The molecular formula is C23H25N5O2. The van der Waals surface area contributed by atoms with E-state index in [1.807, 2.05) is 43.4 Å². The van der Waals surface area contributed by atoms with Crippen LogP contribution in [-0.4, -0.2) is 35.8 Å². The Morgan fingerprint density at radius 1 is 1.00 bits per heavy atom. The molecule has 0 saturated heterocycles. The van der Waals surface area contributed by atoms with Crippen LogP contribution in [0.1, 0.15) is 11.1 Å². The van der Waals surface area contributed by atoms with Crippen molar-refractivity contribution in [2.45, 2.75) is 13.5 Å². The summed E-state index contributed by atoms with van der Waals surface area (Å²) in [4.78, 5) is 9.20. The van der Waals surface area contributed by atoms with Gasteiger partial charge in [-0.05, 0) is 42.3 Å². The zero-order valence-corrected chi connectivity index (χ0v) is 17.6. The Morgan fingerprint density at radius 2 is 1.83 bits per heavy atom. The minimum atomic E-state index is 0.626. The van der Waals surface area contributed by atoms with Crippen molar-refractivity contribution in [2.24, 2.45) is 0 Å². The summed E-state index contributed by atoms with van der Waals surface area (Å²) >= 11 is 0. The molecule has 154 valence electrons. The van der Waals surface area contributed by atoms with E-state index in [1.54, 1.807) is 20.4 Å². The molecule has 4 rings (SSSR count). The summed E-state index contributed by atoms with van der Waals surface area (Å²) in [6.07, 6.45) is 1.79. The molecule has 0 atom stereocenters. The maximum Gasteiger partial charge on any atom is 0.203 e. The monoisotopic (exact) mass is 403 g/mol. The quantitative estimate of drug-likeness (QED) is 0.470. The van der Waals surface area contributed by atoms with Crippen LogP contribution in [0.15, 0.2) is 54.7 Å². The van der Waals surface area contributed by atoms with E-state index in [0.29, 0.717) is 18.0 Å². The second-order valence-electron chi connectivity index (χ2n) is 7.01. The first kappa shape index (κ1) is 19.6. The Bertz CT molecular complexity index is 1190. The lowest BCUT2D eigenvalue weighted by molar-refractivity contribution is 0.354. The van der Waals surface area contributed by atoms with Gasteiger partial charge in [0.2, 0.25) is 5.95 Å². The summed E-state index contributed by atoms with van der Waals surface area (Å²) < 4.78 is 12.9. The lowest BCUT2D eigenvalue weighted by atomic mass is 10.2. The molecule has 4 aromatic rings. The molecular weight excluding hydrogens is 378 g/mol. The fraction of sp³-hybridized carbons (Fsp3) is 0.217. The summed E-state index contributed by atoms with van der Waals surface area (Å²) in [6.45, 7) is 2.69. The van der Waals surface area contributed by atoms with Crippen LogP contribution in [0.5, 0.6) is 11.5 Å². The van der Waals surface area contributed by atoms with Crippen LogP contribution in [0.25, 0.3) is 11.0 Å². The van der Waals surface area contributed by atoms with Crippen LogP contribution in [-0.2, 0) is 6.54 Å². The lowest BCUT2D eigenvalue weighted by Crippen LogP contribution is -2.05. The van der Waals surface area contributed by atoms with Crippen molar-refractivity contribution in [2.75, 3.05) is 31.9 Å². The number of pyridine rings is 1. The topological polar surface area (TPSA) is 73.2 Å². The van der Waals surface area contributed by atoms with E-state index in [2.05, 4.69) is 44.2 Å². The molecule has 0 spiro atoms. The largest absolute Gasteiger partial charge is 0.493 e. The highest BCUT2D eigenvalue weighted by molar-refractivity contribution is 5.81. The van der Waals surface area contributed by atoms with Gasteiger partial charge in [-0.3, -0.25) is 0 Å². The number of ether oxygens (including phenoxy) is 2. The van der Waals surface area contributed by atoms with Crippen LogP contribution in [0.2, 0.25) is 0 Å². The molecule has 0 aliphatic carbocycles. The number of rotatable bonds is 7. The molecule has 0 saturated carbocycles. The molecule has 0 aliphatic heterocycles. The summed E-state index contributed by atoms with van der Waals surface area (Å²) in [6, 6.07) is 16.2. The van der Waals surface area contributed by atoms with Gasteiger partial charge in [0.1, 0.15) is 11.3 Å². The fourth-order valence-electron chi connectivity index (χ4n) is 3.48. The molecule has 0 aliphatic rings. The van der Waals surface area contributed by atoms with Crippen molar-refractivity contribution in [3.8, 4) is 11.5 Å². The van der Waals surface area contributed by atoms with E-state index in [0.717, 1.165) is 34.1 Å². The number of aromatic nitrogens is 3. The molecule has 2 aromatic carbocycles. The van der Waals surface area contributed by atoms with Crippen LogP contribution in [0.4, 0.5) is 17.5 Å². The number of imidazole rings is 1. The van der Waals surface area contributed by atoms with Crippen LogP contribution in [0, 0.1) is 6.92 Å². The highest BCUT2D eigenvalue weighted by Crippen LogP contribution is 2.30. The van der Waals surface area contributed by atoms with E-state index < -0.39 is 0 Å². The summed E-state index contributed by atoms with van der Waals surface area (Å²) in [5.74, 6) is 2.95. The molecule has 0 unspecified atom stereocenters. The summed E-state index contributed by atoms with van der Waals surface area (Å²) in [5.41, 5.74) is 5.08. The number of methoxy groups -OCH3 is 2. The van der Waals surface area contributed by atoms with E-state index in [9.17, 15) is 0 Å². The molecule has 0 fully saturated rings. The number of nitrogens with zero attached hydrogens (tertiary/aromatic N) is 3. The normalized spacial score (nSPS) is 10.8. The average molecular weight is 403 g/mol. The summed E-state index contributed by atoms with van der Waals surface area (Å²) in [5, 5.41) is 6.56. The number of aryl methyl sites for hydroxylation is 1. The maximum atomic E-state index is 5.45. The zero-order chi connectivity index (χ0) is 21.1. The molecule has 2 heterocycles. The molecule has 0 amide bonds. The minimum Gasteiger partial charge on any atom is -0.493 e. The Kier molecular flexibility index (Phi) is 5.43. The molecule has 2 aromatic heterocycles. The van der Waals surface area contributed by atoms with E-state index in [4.69, 9.17) is 9.47 Å². The third-order valence-corrected chi connectivity index (χ3v) is 4.94. The molecule has 0 radical (unpaired) electrons. The highest BCUT2D eigenvalue weighted by Gasteiger charge is 2.13. The van der Waals surface area contributed by atoms with Crippen LogP contribution < -0.4 is 20.1 Å². The van der Waals surface area contributed by atoms with Crippen molar-refractivity contribution in [3.05, 3.63) is 65.9 Å². The molecule has 30 heavy (non-hydrogen) atoms. The van der Waals surface area contributed by atoms with Crippen molar-refractivity contribution < 1.29 is 9.47 Å². The van der Waals surface area contributed by atoms with Gasteiger partial charge in [-0.1, -0.05) is 18.2 Å². The zero-order valence-electron chi connectivity index (χ0n) is 17.6. The van der Waals surface area contributed by atoms with Crippen LogP contribution in [0.3, 0.4) is 0 Å². The number of benzene rings is 2. The molecule has 0 bridgehead atoms. The van der Waals surface area contributed by atoms with Crippen molar-refractivity contribution in [1.82, 2.24) is 14.5 Å².